The van der Waals surface area contributed by atoms with E-state index >= 15 is 0 Å². The second kappa shape index (κ2) is 6.73. The van der Waals surface area contributed by atoms with Gasteiger partial charge in [-0.2, -0.15) is 0 Å². The van der Waals surface area contributed by atoms with Gasteiger partial charge in [-0.3, -0.25) is 5.41 Å². The molecule has 1 aromatic heterocycles. The average Bonchev–Trinajstić information content (AvgIpc) is 2.30. The minimum atomic E-state index is 0.165. The molecule has 6 nitrogen and oxygen atoms in total. The first-order chi connectivity index (χ1) is 7.74. The maximum Gasteiger partial charge on any atom is 0.225 e. The number of rotatable bonds is 7. The molecule has 1 rings (SSSR count). The number of nitrogens with one attached hydrogen (secondary N) is 1. The summed E-state index contributed by atoms with van der Waals surface area (Å²) in [6, 6.07) is 1.77. The van der Waals surface area contributed by atoms with Gasteiger partial charge in [-0.1, -0.05) is 0 Å². The van der Waals surface area contributed by atoms with Crippen LogP contribution in [0.4, 0.5) is 5.95 Å². The van der Waals surface area contributed by atoms with E-state index in [1.807, 2.05) is 4.90 Å². The maximum atomic E-state index is 7.21. The molecule has 0 bridgehead atoms. The van der Waals surface area contributed by atoms with Gasteiger partial charge >= 0.3 is 0 Å². The second-order valence-corrected chi connectivity index (χ2v) is 3.30. The van der Waals surface area contributed by atoms with E-state index in [1.165, 1.54) is 0 Å². The summed E-state index contributed by atoms with van der Waals surface area (Å²) in [5.74, 6) is 0.805. The maximum absolute atomic E-state index is 7.21. The van der Waals surface area contributed by atoms with Gasteiger partial charge in [-0.25, -0.2) is 9.97 Å². The summed E-state index contributed by atoms with van der Waals surface area (Å²) in [4.78, 5) is 10.3. The van der Waals surface area contributed by atoms with Gasteiger partial charge in [0.25, 0.3) is 0 Å². The summed E-state index contributed by atoms with van der Waals surface area (Å²) < 4.78 is 5.02. The molecule has 0 aromatic carbocycles. The van der Waals surface area contributed by atoms with Crippen molar-refractivity contribution >= 4 is 11.8 Å². The van der Waals surface area contributed by atoms with Crippen molar-refractivity contribution in [3.63, 3.8) is 0 Å². The molecule has 0 radical (unpaired) electrons. The van der Waals surface area contributed by atoms with E-state index in [1.54, 1.807) is 25.6 Å². The van der Waals surface area contributed by atoms with E-state index in [9.17, 15) is 0 Å². The summed E-state index contributed by atoms with van der Waals surface area (Å²) in [5, 5.41) is 7.21. The molecule has 16 heavy (non-hydrogen) atoms. The Hall–Kier alpha value is -1.69. The molecule has 0 aliphatic heterocycles. The smallest absolute Gasteiger partial charge is 0.225 e. The highest BCUT2D eigenvalue weighted by molar-refractivity contribution is 5.77. The first-order valence-electron chi connectivity index (χ1n) is 5.08. The third-order valence-electron chi connectivity index (χ3n) is 2.05. The number of hydrogen-bond donors (Lipinski definition) is 2. The zero-order valence-electron chi connectivity index (χ0n) is 9.39. The number of methoxy groups -OCH3 is 1. The van der Waals surface area contributed by atoms with Crippen molar-refractivity contribution in [2.24, 2.45) is 5.73 Å². The van der Waals surface area contributed by atoms with Gasteiger partial charge in [0, 0.05) is 39.0 Å². The van der Waals surface area contributed by atoms with Crippen LogP contribution in [0.15, 0.2) is 18.5 Å². The van der Waals surface area contributed by atoms with E-state index in [0.717, 1.165) is 0 Å². The Kier molecular flexibility index (Phi) is 5.21. The molecule has 0 saturated heterocycles. The van der Waals surface area contributed by atoms with Crippen molar-refractivity contribution in [2.75, 3.05) is 31.7 Å². The van der Waals surface area contributed by atoms with Crippen molar-refractivity contribution in [2.45, 2.75) is 6.42 Å². The summed E-state index contributed by atoms with van der Waals surface area (Å²) >= 11 is 0. The zero-order valence-corrected chi connectivity index (χ0v) is 9.39. The number of nitrogens with zero attached hydrogens (tertiary/aromatic N) is 3. The third-order valence-corrected chi connectivity index (χ3v) is 2.05. The second-order valence-electron chi connectivity index (χ2n) is 3.30. The molecule has 88 valence electrons. The normalized spacial score (nSPS) is 10.1. The number of nitrogens with two attached hydrogens (primary N) is 1. The zero-order chi connectivity index (χ0) is 11.8. The minimum absolute atomic E-state index is 0.165. The SMILES string of the molecule is COCCN(CCC(=N)N)c1ncccn1. The monoisotopic (exact) mass is 223 g/mol. The Bertz CT molecular complexity index is 316. The highest BCUT2D eigenvalue weighted by Gasteiger charge is 2.08. The lowest BCUT2D eigenvalue weighted by atomic mass is 10.3. The van der Waals surface area contributed by atoms with Gasteiger partial charge in [0.2, 0.25) is 5.95 Å². The molecule has 0 aliphatic carbocycles. The standard InChI is InChI=1S/C10H17N5O/c1-16-8-7-15(6-3-9(11)12)10-13-4-2-5-14-10/h2,4-5H,3,6-8H2,1H3,(H3,11,12). The van der Waals surface area contributed by atoms with Crippen molar-refractivity contribution in [1.82, 2.24) is 9.97 Å². The number of aromatic nitrogens is 2. The van der Waals surface area contributed by atoms with Crippen LogP contribution in [-0.4, -0.2) is 42.6 Å². The molecule has 0 unspecified atom stereocenters. The molecule has 0 aliphatic rings. The first-order valence-corrected chi connectivity index (χ1v) is 5.08. The average molecular weight is 223 g/mol. The van der Waals surface area contributed by atoms with Crippen LogP contribution in [0.3, 0.4) is 0 Å². The molecule has 1 aromatic rings. The van der Waals surface area contributed by atoms with Gasteiger partial charge in [-0.15, -0.1) is 0 Å². The first kappa shape index (κ1) is 12.4. The van der Waals surface area contributed by atoms with Crippen LogP contribution in [0.1, 0.15) is 6.42 Å². The largest absolute Gasteiger partial charge is 0.388 e. The lowest BCUT2D eigenvalue weighted by Gasteiger charge is -2.21. The topological polar surface area (TPSA) is 88.1 Å². The van der Waals surface area contributed by atoms with E-state index in [-0.39, 0.29) is 5.84 Å². The lowest BCUT2D eigenvalue weighted by Crippen LogP contribution is -2.32. The molecule has 0 amide bonds. The minimum Gasteiger partial charge on any atom is -0.388 e. The van der Waals surface area contributed by atoms with Crippen LogP contribution in [0, 0.1) is 5.41 Å². The van der Waals surface area contributed by atoms with Crippen molar-refractivity contribution in [3.8, 4) is 0 Å². The van der Waals surface area contributed by atoms with Gasteiger partial charge in [0.15, 0.2) is 0 Å². The van der Waals surface area contributed by atoms with Crippen LogP contribution in [0.5, 0.6) is 0 Å². The summed E-state index contributed by atoms with van der Waals surface area (Å²) in [5.41, 5.74) is 5.33. The quantitative estimate of drug-likeness (QED) is 0.511. The van der Waals surface area contributed by atoms with Crippen molar-refractivity contribution in [1.29, 1.82) is 5.41 Å². The molecule has 1 heterocycles. The van der Waals surface area contributed by atoms with Crippen LogP contribution in [-0.2, 0) is 4.74 Å². The fourth-order valence-corrected chi connectivity index (χ4v) is 1.22. The van der Waals surface area contributed by atoms with Crippen molar-refractivity contribution < 1.29 is 4.74 Å². The van der Waals surface area contributed by atoms with E-state index in [2.05, 4.69) is 9.97 Å². The predicted octanol–water partition coefficient (Wildman–Crippen LogP) is 0.255. The Morgan fingerprint density at radius 3 is 2.69 bits per heavy atom. The van der Waals surface area contributed by atoms with Gasteiger partial charge in [0.1, 0.15) is 0 Å². The molecule has 0 fully saturated rings. The molecular formula is C10H17N5O. The van der Waals surface area contributed by atoms with Crippen LogP contribution >= 0.6 is 0 Å². The summed E-state index contributed by atoms with van der Waals surface area (Å²) in [6.45, 7) is 1.91. The number of amidine groups is 1. The molecule has 3 N–H and O–H groups in total. The molecular weight excluding hydrogens is 206 g/mol. The molecule has 0 saturated carbocycles. The Morgan fingerprint density at radius 2 is 2.12 bits per heavy atom. The fourth-order valence-electron chi connectivity index (χ4n) is 1.22. The Balaban J connectivity index is 2.59. The van der Waals surface area contributed by atoms with Gasteiger partial charge in [0.05, 0.1) is 12.4 Å². The Labute approximate surface area is 95.0 Å². The number of hydrogen-bond acceptors (Lipinski definition) is 5. The third kappa shape index (κ3) is 4.22. The molecule has 6 heteroatoms. The summed E-state index contributed by atoms with van der Waals surface area (Å²) in [6.07, 6.45) is 3.88. The fraction of sp³-hybridized carbons (Fsp3) is 0.500. The van der Waals surface area contributed by atoms with E-state index in [4.69, 9.17) is 15.9 Å². The summed E-state index contributed by atoms with van der Waals surface area (Å²) in [7, 11) is 1.65. The highest BCUT2D eigenvalue weighted by atomic mass is 16.5. The predicted molar refractivity (Wildman–Crippen MR) is 62.7 cm³/mol. The van der Waals surface area contributed by atoms with Gasteiger partial charge < -0.3 is 15.4 Å². The van der Waals surface area contributed by atoms with E-state index in [0.29, 0.717) is 32.1 Å². The molecule has 0 spiro atoms. The van der Waals surface area contributed by atoms with Crippen LogP contribution < -0.4 is 10.6 Å². The lowest BCUT2D eigenvalue weighted by molar-refractivity contribution is 0.205. The van der Waals surface area contributed by atoms with Crippen LogP contribution in [0.25, 0.3) is 0 Å². The van der Waals surface area contributed by atoms with Crippen molar-refractivity contribution in [3.05, 3.63) is 18.5 Å². The highest BCUT2D eigenvalue weighted by Crippen LogP contribution is 2.05. The number of ether oxygens (including phenoxy) is 1. The van der Waals surface area contributed by atoms with Crippen LogP contribution in [0.2, 0.25) is 0 Å². The van der Waals surface area contributed by atoms with Gasteiger partial charge in [-0.05, 0) is 6.07 Å². The number of anilines is 1. The molecule has 0 atom stereocenters. The van der Waals surface area contributed by atoms with E-state index < -0.39 is 0 Å². The Morgan fingerprint density at radius 1 is 1.44 bits per heavy atom.